The molecule has 2 heterocycles. The Morgan fingerprint density at radius 2 is 1.72 bits per heavy atom. The zero-order chi connectivity index (χ0) is 22.5. The van der Waals surface area contributed by atoms with Gasteiger partial charge >= 0.3 is 0 Å². The summed E-state index contributed by atoms with van der Waals surface area (Å²) >= 11 is 0. The second kappa shape index (κ2) is 10.0. The van der Waals surface area contributed by atoms with Crippen LogP contribution in [-0.4, -0.2) is 40.8 Å². The topological polar surface area (TPSA) is 65.2 Å². The van der Waals surface area contributed by atoms with Crippen molar-refractivity contribution in [1.82, 2.24) is 15.2 Å². The number of hydrogen-bond acceptors (Lipinski definition) is 2. The fraction of sp³-hybridized carbons (Fsp3) is 0.407. The highest BCUT2D eigenvalue weighted by molar-refractivity contribution is 5.98. The van der Waals surface area contributed by atoms with Crippen LogP contribution in [0.15, 0.2) is 60.7 Å². The van der Waals surface area contributed by atoms with Gasteiger partial charge in [0.25, 0.3) is 5.91 Å². The van der Waals surface area contributed by atoms with Gasteiger partial charge in [-0.15, -0.1) is 0 Å². The van der Waals surface area contributed by atoms with Crippen molar-refractivity contribution in [3.63, 3.8) is 0 Å². The molecule has 0 unspecified atom stereocenters. The van der Waals surface area contributed by atoms with Gasteiger partial charge in [0.05, 0.1) is 0 Å². The third-order valence-corrected chi connectivity index (χ3v) is 6.81. The lowest BCUT2D eigenvalue weighted by molar-refractivity contribution is -0.127. The number of carbonyl (C=O) groups excluding carboxylic acids is 2. The molecule has 1 saturated heterocycles. The number of para-hydroxylation sites is 1. The van der Waals surface area contributed by atoms with E-state index >= 15 is 0 Å². The molecule has 32 heavy (non-hydrogen) atoms. The van der Waals surface area contributed by atoms with Gasteiger partial charge in [0.15, 0.2) is 0 Å². The summed E-state index contributed by atoms with van der Waals surface area (Å²) in [5.41, 5.74) is 2.92. The molecule has 0 radical (unpaired) electrons. The van der Waals surface area contributed by atoms with Crippen molar-refractivity contribution in [2.24, 2.45) is 11.8 Å². The Balaban J connectivity index is 1.24. The van der Waals surface area contributed by atoms with Crippen LogP contribution in [0.25, 0.3) is 10.9 Å². The first-order chi connectivity index (χ1) is 15.5. The molecule has 5 nitrogen and oxygen atoms in total. The molecule has 5 heteroatoms. The predicted octanol–water partition coefficient (Wildman–Crippen LogP) is 4.79. The van der Waals surface area contributed by atoms with Gasteiger partial charge in [0.2, 0.25) is 5.91 Å². The van der Waals surface area contributed by atoms with Gasteiger partial charge in [-0.05, 0) is 56.2 Å². The molecule has 2 amide bonds. The zero-order valence-corrected chi connectivity index (χ0v) is 19.0. The molecule has 0 bridgehead atoms. The summed E-state index contributed by atoms with van der Waals surface area (Å²) in [6.45, 7) is 5.49. The molecule has 0 spiro atoms. The lowest BCUT2D eigenvalue weighted by Gasteiger charge is -2.34. The van der Waals surface area contributed by atoms with Crippen molar-refractivity contribution in [2.75, 3.05) is 13.1 Å². The SMILES string of the molecule is C[C@H](CCc1ccccc1)NC(=O)[C@@H](C)C1CCN(C(=O)c2cc3ccccc3[nH]2)CC1. The molecule has 168 valence electrons. The summed E-state index contributed by atoms with van der Waals surface area (Å²) in [4.78, 5) is 30.9. The molecule has 0 aliphatic carbocycles. The third-order valence-electron chi connectivity index (χ3n) is 6.81. The first kappa shape index (κ1) is 22.1. The number of H-pyrrole nitrogens is 1. The first-order valence-electron chi connectivity index (χ1n) is 11.7. The van der Waals surface area contributed by atoms with Gasteiger partial charge in [0.1, 0.15) is 5.69 Å². The number of piperidine rings is 1. The Bertz CT molecular complexity index is 1020. The van der Waals surface area contributed by atoms with Crippen LogP contribution >= 0.6 is 0 Å². The number of amides is 2. The van der Waals surface area contributed by atoms with Gasteiger partial charge in [-0.3, -0.25) is 9.59 Å². The van der Waals surface area contributed by atoms with Crippen LogP contribution in [-0.2, 0) is 11.2 Å². The van der Waals surface area contributed by atoms with E-state index in [0.29, 0.717) is 24.7 Å². The third kappa shape index (κ3) is 5.21. The van der Waals surface area contributed by atoms with Crippen LogP contribution in [0.5, 0.6) is 0 Å². The Kier molecular flexibility index (Phi) is 6.93. The maximum absolute atomic E-state index is 12.9. The van der Waals surface area contributed by atoms with E-state index in [1.54, 1.807) is 0 Å². The smallest absolute Gasteiger partial charge is 0.270 e. The van der Waals surface area contributed by atoms with E-state index in [-0.39, 0.29) is 23.8 Å². The number of benzene rings is 2. The molecular weight excluding hydrogens is 398 g/mol. The number of aromatic nitrogens is 1. The largest absolute Gasteiger partial charge is 0.353 e. The predicted molar refractivity (Wildman–Crippen MR) is 128 cm³/mol. The number of hydrogen-bond donors (Lipinski definition) is 2. The van der Waals surface area contributed by atoms with E-state index in [0.717, 1.165) is 36.6 Å². The van der Waals surface area contributed by atoms with Crippen molar-refractivity contribution >= 4 is 22.7 Å². The van der Waals surface area contributed by atoms with Crippen molar-refractivity contribution in [2.45, 2.75) is 45.6 Å². The van der Waals surface area contributed by atoms with E-state index in [4.69, 9.17) is 0 Å². The summed E-state index contributed by atoms with van der Waals surface area (Å²) in [5.74, 6) is 0.444. The van der Waals surface area contributed by atoms with Gasteiger partial charge in [-0.2, -0.15) is 0 Å². The molecule has 1 fully saturated rings. The van der Waals surface area contributed by atoms with Crippen LogP contribution in [0.3, 0.4) is 0 Å². The first-order valence-corrected chi connectivity index (χ1v) is 11.7. The Hall–Kier alpha value is -3.08. The number of likely N-dealkylation sites (tertiary alicyclic amines) is 1. The average molecular weight is 432 g/mol. The average Bonchev–Trinajstić information content (AvgIpc) is 3.27. The van der Waals surface area contributed by atoms with E-state index < -0.39 is 0 Å². The minimum atomic E-state index is -0.0421. The molecule has 1 aromatic heterocycles. The molecule has 2 N–H and O–H groups in total. The maximum Gasteiger partial charge on any atom is 0.270 e. The number of nitrogens with zero attached hydrogens (tertiary/aromatic N) is 1. The summed E-state index contributed by atoms with van der Waals surface area (Å²) < 4.78 is 0. The summed E-state index contributed by atoms with van der Waals surface area (Å²) in [7, 11) is 0. The highest BCUT2D eigenvalue weighted by atomic mass is 16.2. The van der Waals surface area contributed by atoms with Crippen LogP contribution in [0.1, 0.15) is 49.2 Å². The van der Waals surface area contributed by atoms with Gasteiger partial charge in [0, 0.05) is 36.0 Å². The standard InChI is InChI=1S/C27H33N3O2/c1-19(12-13-21-8-4-3-5-9-21)28-26(31)20(2)22-14-16-30(17-15-22)27(32)25-18-23-10-6-7-11-24(23)29-25/h3-11,18-20,22,29H,12-17H2,1-2H3,(H,28,31)/t19-,20+/m1/s1. The quantitative estimate of drug-likeness (QED) is 0.565. The second-order valence-corrected chi connectivity index (χ2v) is 9.12. The molecule has 4 rings (SSSR count). The van der Waals surface area contributed by atoms with Crippen molar-refractivity contribution in [3.05, 3.63) is 71.9 Å². The van der Waals surface area contributed by atoms with Crippen LogP contribution in [0.4, 0.5) is 0 Å². The zero-order valence-electron chi connectivity index (χ0n) is 19.0. The molecule has 2 atom stereocenters. The van der Waals surface area contributed by atoms with Crippen molar-refractivity contribution in [3.8, 4) is 0 Å². The fourth-order valence-corrected chi connectivity index (χ4v) is 4.65. The molecule has 0 saturated carbocycles. The Labute approximate surface area is 190 Å². The number of nitrogens with one attached hydrogen (secondary N) is 2. The summed E-state index contributed by atoms with van der Waals surface area (Å²) in [5, 5.41) is 4.25. The number of aromatic amines is 1. The molecule has 1 aliphatic heterocycles. The normalized spacial score (nSPS) is 16.6. The van der Waals surface area contributed by atoms with Crippen LogP contribution in [0.2, 0.25) is 0 Å². The Morgan fingerprint density at radius 3 is 2.44 bits per heavy atom. The highest BCUT2D eigenvalue weighted by Crippen LogP contribution is 2.27. The molecule has 3 aromatic rings. The minimum absolute atomic E-state index is 0.0421. The lowest BCUT2D eigenvalue weighted by Crippen LogP contribution is -2.44. The van der Waals surface area contributed by atoms with Crippen LogP contribution < -0.4 is 5.32 Å². The summed E-state index contributed by atoms with van der Waals surface area (Å²) in [6.07, 6.45) is 3.61. The van der Waals surface area contributed by atoms with E-state index in [1.807, 2.05) is 48.2 Å². The molecular formula is C27H33N3O2. The van der Waals surface area contributed by atoms with E-state index in [2.05, 4.69) is 41.5 Å². The molecule has 2 aromatic carbocycles. The van der Waals surface area contributed by atoms with E-state index in [9.17, 15) is 9.59 Å². The number of carbonyl (C=O) groups is 2. The lowest BCUT2D eigenvalue weighted by atomic mass is 9.84. The fourth-order valence-electron chi connectivity index (χ4n) is 4.65. The molecule has 1 aliphatic rings. The van der Waals surface area contributed by atoms with Crippen LogP contribution in [0, 0.1) is 11.8 Å². The highest BCUT2D eigenvalue weighted by Gasteiger charge is 2.31. The minimum Gasteiger partial charge on any atom is -0.353 e. The number of fused-ring (bicyclic) bond motifs is 1. The van der Waals surface area contributed by atoms with Gasteiger partial charge in [-0.1, -0.05) is 55.5 Å². The number of aryl methyl sites for hydroxylation is 1. The Morgan fingerprint density at radius 1 is 1.03 bits per heavy atom. The van der Waals surface area contributed by atoms with Crippen molar-refractivity contribution in [1.29, 1.82) is 0 Å². The van der Waals surface area contributed by atoms with Gasteiger partial charge < -0.3 is 15.2 Å². The monoisotopic (exact) mass is 431 g/mol. The number of rotatable bonds is 7. The summed E-state index contributed by atoms with van der Waals surface area (Å²) in [6, 6.07) is 20.4. The maximum atomic E-state index is 12.9. The second-order valence-electron chi connectivity index (χ2n) is 9.12. The van der Waals surface area contributed by atoms with Crippen molar-refractivity contribution < 1.29 is 9.59 Å². The van der Waals surface area contributed by atoms with E-state index in [1.165, 1.54) is 5.56 Å². The van der Waals surface area contributed by atoms with Gasteiger partial charge in [-0.25, -0.2) is 0 Å².